The van der Waals surface area contributed by atoms with Crippen LogP contribution in [0.3, 0.4) is 0 Å². The zero-order chi connectivity index (χ0) is 15.5. The number of aliphatic hydroxyl groups is 1. The Kier molecular flexibility index (Phi) is 4.81. The van der Waals surface area contributed by atoms with E-state index in [9.17, 15) is 5.11 Å². The number of hydrogen-bond acceptors (Lipinski definition) is 3. The first kappa shape index (κ1) is 15.5. The van der Waals surface area contributed by atoms with Crippen molar-refractivity contribution in [3.8, 4) is 11.3 Å². The van der Waals surface area contributed by atoms with E-state index < -0.39 is 0 Å². The van der Waals surface area contributed by atoms with Crippen molar-refractivity contribution in [2.45, 2.75) is 31.9 Å². The fraction of sp³-hybridized carbons (Fsp3) is 0.471. The third kappa shape index (κ3) is 3.35. The molecule has 2 aromatic rings. The molecule has 1 aromatic heterocycles. The molecule has 3 rings (SSSR count). The molecule has 1 heterocycles. The van der Waals surface area contributed by atoms with E-state index in [0.29, 0.717) is 10.9 Å². The molecule has 1 saturated carbocycles. The van der Waals surface area contributed by atoms with Crippen LogP contribution in [0.5, 0.6) is 0 Å². The monoisotopic (exact) mass is 319 g/mol. The molecule has 0 spiro atoms. The van der Waals surface area contributed by atoms with Gasteiger partial charge < -0.3 is 10.4 Å². The predicted octanol–water partition coefficient (Wildman–Crippen LogP) is 2.99. The third-order valence-corrected chi connectivity index (χ3v) is 4.70. The minimum absolute atomic E-state index is 0.149. The number of aromatic nitrogens is 2. The van der Waals surface area contributed by atoms with Gasteiger partial charge in [0.2, 0.25) is 0 Å². The van der Waals surface area contributed by atoms with Crippen LogP contribution in [-0.2, 0) is 13.6 Å². The Morgan fingerprint density at radius 1 is 1.36 bits per heavy atom. The van der Waals surface area contributed by atoms with E-state index >= 15 is 0 Å². The summed E-state index contributed by atoms with van der Waals surface area (Å²) in [7, 11) is 1.92. The summed E-state index contributed by atoms with van der Waals surface area (Å²) >= 11 is 6.29. The Morgan fingerprint density at radius 3 is 2.91 bits per heavy atom. The lowest BCUT2D eigenvalue weighted by Crippen LogP contribution is -2.27. The molecule has 2 N–H and O–H groups in total. The highest BCUT2D eigenvalue weighted by molar-refractivity contribution is 6.33. The number of nitrogens with zero attached hydrogens (tertiary/aromatic N) is 2. The van der Waals surface area contributed by atoms with Gasteiger partial charge in [-0.2, -0.15) is 5.10 Å². The van der Waals surface area contributed by atoms with Gasteiger partial charge in [0.25, 0.3) is 0 Å². The maximum Gasteiger partial charge on any atom is 0.0982 e. The smallest absolute Gasteiger partial charge is 0.0982 e. The molecule has 5 heteroatoms. The van der Waals surface area contributed by atoms with Gasteiger partial charge in [-0.25, -0.2) is 0 Å². The second-order valence-corrected chi connectivity index (χ2v) is 6.45. The molecule has 118 valence electrons. The van der Waals surface area contributed by atoms with Crippen molar-refractivity contribution < 1.29 is 5.11 Å². The highest BCUT2D eigenvalue weighted by Crippen LogP contribution is 2.29. The molecule has 0 saturated heterocycles. The van der Waals surface area contributed by atoms with Crippen LogP contribution in [0.15, 0.2) is 30.5 Å². The fourth-order valence-corrected chi connectivity index (χ4v) is 3.42. The highest BCUT2D eigenvalue weighted by atomic mass is 35.5. The molecule has 1 aliphatic rings. The summed E-state index contributed by atoms with van der Waals surface area (Å²) in [4.78, 5) is 0. The SMILES string of the molecule is Cn1cc(CNCC2CCCC2O)c(-c2ccccc2Cl)n1. The van der Waals surface area contributed by atoms with Crippen molar-refractivity contribution in [3.63, 3.8) is 0 Å². The molecule has 0 radical (unpaired) electrons. The topological polar surface area (TPSA) is 50.1 Å². The van der Waals surface area contributed by atoms with Gasteiger partial charge in [0, 0.05) is 37.5 Å². The van der Waals surface area contributed by atoms with Crippen LogP contribution in [0.25, 0.3) is 11.3 Å². The van der Waals surface area contributed by atoms with Crippen LogP contribution in [-0.4, -0.2) is 27.5 Å². The van der Waals surface area contributed by atoms with Gasteiger partial charge in [-0.15, -0.1) is 0 Å². The average Bonchev–Trinajstić information content (AvgIpc) is 3.06. The summed E-state index contributed by atoms with van der Waals surface area (Å²) < 4.78 is 1.82. The summed E-state index contributed by atoms with van der Waals surface area (Å²) in [5, 5.41) is 18.6. The predicted molar refractivity (Wildman–Crippen MR) is 88.7 cm³/mol. The highest BCUT2D eigenvalue weighted by Gasteiger charge is 2.24. The van der Waals surface area contributed by atoms with Gasteiger partial charge in [0.1, 0.15) is 0 Å². The number of hydrogen-bond donors (Lipinski definition) is 2. The fourth-order valence-electron chi connectivity index (χ4n) is 3.19. The number of nitrogens with one attached hydrogen (secondary N) is 1. The molecule has 4 nitrogen and oxygen atoms in total. The van der Waals surface area contributed by atoms with Gasteiger partial charge in [-0.3, -0.25) is 4.68 Å². The van der Waals surface area contributed by atoms with Crippen molar-refractivity contribution in [3.05, 3.63) is 41.0 Å². The van der Waals surface area contributed by atoms with E-state index in [1.54, 1.807) is 0 Å². The van der Waals surface area contributed by atoms with E-state index in [0.717, 1.165) is 49.2 Å². The van der Waals surface area contributed by atoms with Crippen molar-refractivity contribution >= 4 is 11.6 Å². The molecule has 2 unspecified atom stereocenters. The molecular formula is C17H22ClN3O. The average molecular weight is 320 g/mol. The molecule has 1 aliphatic carbocycles. The maximum atomic E-state index is 9.89. The van der Waals surface area contributed by atoms with E-state index in [4.69, 9.17) is 11.6 Å². The normalized spacial score (nSPS) is 21.4. The van der Waals surface area contributed by atoms with Crippen molar-refractivity contribution in [2.24, 2.45) is 13.0 Å². The summed E-state index contributed by atoms with van der Waals surface area (Å²) in [5.74, 6) is 0.375. The van der Waals surface area contributed by atoms with Crippen LogP contribution in [0.4, 0.5) is 0 Å². The molecular weight excluding hydrogens is 298 g/mol. The molecule has 1 fully saturated rings. The Labute approximate surface area is 136 Å². The Hall–Kier alpha value is -1.36. The van der Waals surface area contributed by atoms with Crippen LogP contribution in [0.2, 0.25) is 5.02 Å². The van der Waals surface area contributed by atoms with Crippen LogP contribution in [0.1, 0.15) is 24.8 Å². The first-order chi connectivity index (χ1) is 10.6. The minimum atomic E-state index is -0.149. The standard InChI is InChI=1S/C17H22ClN3O/c1-21-11-13(10-19-9-12-5-4-8-16(12)22)17(20-21)14-6-2-3-7-15(14)18/h2-3,6-7,11-12,16,19,22H,4-5,8-10H2,1H3. The van der Waals surface area contributed by atoms with E-state index in [2.05, 4.69) is 10.4 Å². The number of halogens is 1. The Balaban J connectivity index is 1.70. The molecule has 0 aliphatic heterocycles. The number of benzene rings is 1. The molecule has 0 amide bonds. The Morgan fingerprint density at radius 2 is 2.18 bits per heavy atom. The minimum Gasteiger partial charge on any atom is -0.393 e. The number of aliphatic hydroxyl groups excluding tert-OH is 1. The van der Waals surface area contributed by atoms with E-state index in [1.807, 2.05) is 42.2 Å². The first-order valence-corrected chi connectivity index (χ1v) is 8.19. The molecule has 0 bridgehead atoms. The summed E-state index contributed by atoms with van der Waals surface area (Å²) in [6.45, 7) is 1.58. The summed E-state index contributed by atoms with van der Waals surface area (Å²) in [6, 6.07) is 7.78. The lowest BCUT2D eigenvalue weighted by atomic mass is 10.1. The van der Waals surface area contributed by atoms with Crippen molar-refractivity contribution in [2.75, 3.05) is 6.54 Å². The van der Waals surface area contributed by atoms with Crippen LogP contribution in [0, 0.1) is 5.92 Å². The van der Waals surface area contributed by atoms with Gasteiger partial charge in [-0.1, -0.05) is 36.2 Å². The zero-order valence-electron chi connectivity index (χ0n) is 12.8. The largest absolute Gasteiger partial charge is 0.393 e. The van der Waals surface area contributed by atoms with Crippen molar-refractivity contribution in [1.29, 1.82) is 0 Å². The third-order valence-electron chi connectivity index (χ3n) is 4.37. The molecule has 22 heavy (non-hydrogen) atoms. The lowest BCUT2D eigenvalue weighted by Gasteiger charge is -2.15. The first-order valence-electron chi connectivity index (χ1n) is 7.81. The van der Waals surface area contributed by atoms with Gasteiger partial charge in [0.05, 0.1) is 16.8 Å². The zero-order valence-corrected chi connectivity index (χ0v) is 13.6. The second-order valence-electron chi connectivity index (χ2n) is 6.05. The van der Waals surface area contributed by atoms with Gasteiger partial charge in [-0.05, 0) is 24.8 Å². The second kappa shape index (κ2) is 6.82. The maximum absolute atomic E-state index is 9.89. The summed E-state index contributed by atoms with van der Waals surface area (Å²) in [6.07, 6.45) is 5.05. The lowest BCUT2D eigenvalue weighted by molar-refractivity contribution is 0.131. The van der Waals surface area contributed by atoms with Crippen LogP contribution < -0.4 is 5.32 Å². The summed E-state index contributed by atoms with van der Waals surface area (Å²) in [5.41, 5.74) is 3.01. The van der Waals surface area contributed by atoms with Crippen LogP contribution >= 0.6 is 11.6 Å². The van der Waals surface area contributed by atoms with E-state index in [-0.39, 0.29) is 6.10 Å². The van der Waals surface area contributed by atoms with Crippen molar-refractivity contribution in [1.82, 2.24) is 15.1 Å². The number of aryl methyl sites for hydroxylation is 1. The Bertz CT molecular complexity index is 641. The van der Waals surface area contributed by atoms with Gasteiger partial charge in [0.15, 0.2) is 0 Å². The number of rotatable bonds is 5. The van der Waals surface area contributed by atoms with E-state index in [1.165, 1.54) is 0 Å². The van der Waals surface area contributed by atoms with Gasteiger partial charge >= 0.3 is 0 Å². The molecule has 2 atom stereocenters. The molecule has 1 aromatic carbocycles. The quantitative estimate of drug-likeness (QED) is 0.890.